The van der Waals surface area contributed by atoms with Crippen molar-refractivity contribution in [2.75, 3.05) is 13.2 Å². The number of ether oxygens (including phenoxy) is 1. The van der Waals surface area contributed by atoms with Crippen molar-refractivity contribution >= 4 is 37.5 Å². The Bertz CT molecular complexity index is 1140. The van der Waals surface area contributed by atoms with Crippen molar-refractivity contribution in [3.05, 3.63) is 64.5 Å². The molecule has 158 valence electrons. The fraction of sp³-hybridized carbons (Fsp3) is 0.300. The summed E-state index contributed by atoms with van der Waals surface area (Å²) in [6, 6.07) is 10.0. The second-order valence-electron chi connectivity index (χ2n) is 7.01. The number of amides is 1. The molecule has 3 heterocycles. The molecule has 3 aromatic rings. The predicted octanol–water partition coefficient (Wildman–Crippen LogP) is 2.48. The van der Waals surface area contributed by atoms with Gasteiger partial charge in [-0.2, -0.15) is 0 Å². The summed E-state index contributed by atoms with van der Waals surface area (Å²) in [5, 5.41) is 2.79. The fourth-order valence-corrected chi connectivity index (χ4v) is 4.79. The minimum absolute atomic E-state index is 0.0292. The third-order valence-corrected chi connectivity index (χ3v) is 6.97. The zero-order valence-corrected chi connectivity index (χ0v) is 18.4. The highest BCUT2D eigenvalue weighted by Gasteiger charge is 2.22. The highest BCUT2D eigenvalue weighted by Crippen LogP contribution is 2.22. The number of pyridine rings is 1. The van der Waals surface area contributed by atoms with Crippen LogP contribution in [0.2, 0.25) is 0 Å². The van der Waals surface area contributed by atoms with E-state index in [4.69, 9.17) is 4.74 Å². The molecule has 1 fully saturated rings. The normalized spacial score (nSPS) is 16.8. The molecule has 0 aliphatic carbocycles. The van der Waals surface area contributed by atoms with Crippen molar-refractivity contribution in [1.29, 1.82) is 0 Å². The molecule has 0 bridgehead atoms. The van der Waals surface area contributed by atoms with E-state index in [9.17, 15) is 13.2 Å². The van der Waals surface area contributed by atoms with Gasteiger partial charge in [0.25, 0.3) is 5.91 Å². The monoisotopic (exact) mass is 492 g/mol. The van der Waals surface area contributed by atoms with Gasteiger partial charge in [-0.25, -0.2) is 18.1 Å². The number of halogens is 1. The van der Waals surface area contributed by atoms with E-state index in [-0.39, 0.29) is 29.7 Å². The molecule has 0 spiro atoms. The Balaban J connectivity index is 1.45. The second-order valence-corrected chi connectivity index (χ2v) is 9.63. The average Bonchev–Trinajstić information content (AvgIpc) is 3.40. The third kappa shape index (κ3) is 4.72. The van der Waals surface area contributed by atoms with Crippen molar-refractivity contribution in [3.63, 3.8) is 0 Å². The van der Waals surface area contributed by atoms with Crippen LogP contribution < -0.4 is 10.0 Å². The molecule has 10 heteroatoms. The Hall–Kier alpha value is -2.27. The first-order chi connectivity index (χ1) is 14.4. The summed E-state index contributed by atoms with van der Waals surface area (Å²) in [5.74, 6) is -0.393. The van der Waals surface area contributed by atoms with Crippen LogP contribution in [0.5, 0.6) is 0 Å². The lowest BCUT2D eigenvalue weighted by Gasteiger charge is -2.13. The van der Waals surface area contributed by atoms with Gasteiger partial charge in [0.15, 0.2) is 0 Å². The molecule has 30 heavy (non-hydrogen) atoms. The van der Waals surface area contributed by atoms with Crippen molar-refractivity contribution in [1.82, 2.24) is 19.4 Å². The Morgan fingerprint density at radius 3 is 2.93 bits per heavy atom. The summed E-state index contributed by atoms with van der Waals surface area (Å²) < 4.78 is 35.6. The van der Waals surface area contributed by atoms with Crippen LogP contribution in [0.25, 0.3) is 5.65 Å². The summed E-state index contributed by atoms with van der Waals surface area (Å²) in [7, 11) is -3.75. The van der Waals surface area contributed by atoms with E-state index in [0.29, 0.717) is 16.8 Å². The maximum atomic E-state index is 12.7. The molecule has 1 saturated heterocycles. The smallest absolute Gasteiger partial charge is 0.252 e. The van der Waals surface area contributed by atoms with E-state index in [0.717, 1.165) is 18.5 Å². The molecule has 0 saturated carbocycles. The lowest BCUT2D eigenvalue weighted by molar-refractivity contribution is 0.0949. The van der Waals surface area contributed by atoms with Crippen LogP contribution in [0, 0.1) is 0 Å². The highest BCUT2D eigenvalue weighted by atomic mass is 79.9. The number of hydrogen-bond donors (Lipinski definition) is 2. The first-order valence-corrected chi connectivity index (χ1v) is 11.8. The average molecular weight is 493 g/mol. The maximum Gasteiger partial charge on any atom is 0.252 e. The van der Waals surface area contributed by atoms with Crippen molar-refractivity contribution < 1.29 is 17.9 Å². The number of nitrogens with zero attached hydrogens (tertiary/aromatic N) is 2. The molecule has 1 aromatic carbocycles. The first kappa shape index (κ1) is 21.0. The minimum Gasteiger partial charge on any atom is -0.377 e. The molecule has 1 aliphatic rings. The first-order valence-electron chi connectivity index (χ1n) is 9.54. The summed E-state index contributed by atoms with van der Waals surface area (Å²) in [5.41, 5.74) is 1.72. The molecule has 1 aliphatic heterocycles. The van der Waals surface area contributed by atoms with Crippen molar-refractivity contribution in [3.8, 4) is 0 Å². The van der Waals surface area contributed by atoms with Gasteiger partial charge in [-0.1, -0.05) is 6.07 Å². The number of nitrogens with one attached hydrogen (secondary N) is 2. The quantitative estimate of drug-likeness (QED) is 0.527. The minimum atomic E-state index is -3.75. The molecule has 1 amide bonds. The molecule has 1 atom stereocenters. The Morgan fingerprint density at radius 2 is 2.17 bits per heavy atom. The van der Waals surface area contributed by atoms with E-state index in [1.165, 1.54) is 12.1 Å². The van der Waals surface area contributed by atoms with Gasteiger partial charge in [-0.3, -0.25) is 4.79 Å². The zero-order valence-electron chi connectivity index (χ0n) is 16.0. The maximum absolute atomic E-state index is 12.7. The van der Waals surface area contributed by atoms with Gasteiger partial charge >= 0.3 is 0 Å². The van der Waals surface area contributed by atoms with Crippen LogP contribution in [-0.2, 0) is 21.3 Å². The second kappa shape index (κ2) is 8.84. The van der Waals surface area contributed by atoms with Gasteiger partial charge in [0.05, 0.1) is 28.8 Å². The molecule has 2 aromatic heterocycles. The third-order valence-electron chi connectivity index (χ3n) is 4.86. The Kier molecular flexibility index (Phi) is 6.19. The topological polar surface area (TPSA) is 102 Å². The lowest BCUT2D eigenvalue weighted by atomic mass is 10.2. The summed E-state index contributed by atoms with van der Waals surface area (Å²) in [6.45, 7) is 1.09. The number of carbonyl (C=O) groups is 1. The van der Waals surface area contributed by atoms with Gasteiger partial charge in [-0.05, 0) is 59.1 Å². The summed E-state index contributed by atoms with van der Waals surface area (Å²) >= 11 is 3.33. The molecule has 4 rings (SSSR count). The molecular formula is C20H21BrN4O4S. The SMILES string of the molecule is O=C(NCc1cn2ccccc2n1)c1cc(S(=O)(=O)NC[C@@H]2CCCO2)ccc1Br. The van der Waals surface area contributed by atoms with Crippen molar-refractivity contribution in [2.24, 2.45) is 0 Å². The molecule has 8 nitrogen and oxygen atoms in total. The molecule has 2 N–H and O–H groups in total. The van der Waals surface area contributed by atoms with E-state index in [1.54, 1.807) is 6.07 Å². The van der Waals surface area contributed by atoms with Crippen LogP contribution in [-0.4, -0.2) is 43.0 Å². The van der Waals surface area contributed by atoms with Crippen LogP contribution in [0.15, 0.2) is 58.2 Å². The van der Waals surface area contributed by atoms with Crippen molar-refractivity contribution in [2.45, 2.75) is 30.4 Å². The predicted molar refractivity (Wildman–Crippen MR) is 115 cm³/mol. The van der Waals surface area contributed by atoms with E-state index >= 15 is 0 Å². The van der Waals surface area contributed by atoms with Crippen LogP contribution in [0.3, 0.4) is 0 Å². The Labute approximate surface area is 182 Å². The Morgan fingerprint density at radius 1 is 1.30 bits per heavy atom. The van der Waals surface area contributed by atoms with E-state index in [1.807, 2.05) is 35.0 Å². The standard InChI is InChI=1S/C20H21BrN4O4S/c21-18-7-6-16(30(27,28)23-12-15-4-3-9-29-15)10-17(18)20(26)22-11-14-13-25-8-2-1-5-19(25)24-14/h1-2,5-8,10,13,15,23H,3-4,9,11-12H2,(H,22,26)/t15-/m0/s1. The number of hydrogen-bond acceptors (Lipinski definition) is 5. The number of imidazole rings is 1. The number of benzene rings is 1. The van der Waals surface area contributed by atoms with E-state index < -0.39 is 15.9 Å². The van der Waals surface area contributed by atoms with Crippen LogP contribution >= 0.6 is 15.9 Å². The van der Waals surface area contributed by atoms with Gasteiger partial charge in [-0.15, -0.1) is 0 Å². The number of carbonyl (C=O) groups excluding carboxylic acids is 1. The number of rotatable bonds is 7. The zero-order chi connectivity index (χ0) is 21.1. The summed E-state index contributed by atoms with van der Waals surface area (Å²) in [6.07, 6.45) is 5.37. The van der Waals surface area contributed by atoms with Crippen LogP contribution in [0.1, 0.15) is 28.9 Å². The molecule has 0 radical (unpaired) electrons. The lowest BCUT2D eigenvalue weighted by Crippen LogP contribution is -2.32. The highest BCUT2D eigenvalue weighted by molar-refractivity contribution is 9.10. The number of fused-ring (bicyclic) bond motifs is 1. The molecule has 0 unspecified atom stereocenters. The van der Waals surface area contributed by atoms with E-state index in [2.05, 4.69) is 31.0 Å². The van der Waals surface area contributed by atoms with Gasteiger partial charge in [0, 0.05) is 30.0 Å². The van der Waals surface area contributed by atoms with Gasteiger partial charge in [0.2, 0.25) is 10.0 Å². The largest absolute Gasteiger partial charge is 0.377 e. The number of aromatic nitrogens is 2. The number of sulfonamides is 1. The molecular weight excluding hydrogens is 472 g/mol. The summed E-state index contributed by atoms with van der Waals surface area (Å²) in [4.78, 5) is 17.2. The fourth-order valence-electron chi connectivity index (χ4n) is 3.28. The van der Waals surface area contributed by atoms with Gasteiger partial charge in [0.1, 0.15) is 5.65 Å². The van der Waals surface area contributed by atoms with Crippen LogP contribution in [0.4, 0.5) is 0 Å². The van der Waals surface area contributed by atoms with Gasteiger partial charge < -0.3 is 14.5 Å².